The predicted molar refractivity (Wildman–Crippen MR) is 98.9 cm³/mol. The summed E-state index contributed by atoms with van der Waals surface area (Å²) < 4.78 is 11.3. The van der Waals surface area contributed by atoms with E-state index in [1.807, 2.05) is 68.4 Å². The Bertz CT molecular complexity index is 948. The molecule has 1 N–H and O–H groups in total. The number of furan rings is 1. The first-order valence-electron chi connectivity index (χ1n) is 8.16. The van der Waals surface area contributed by atoms with Crippen molar-refractivity contribution in [2.45, 2.75) is 13.8 Å². The summed E-state index contributed by atoms with van der Waals surface area (Å²) in [5.41, 5.74) is 3.01. The molecule has 0 spiro atoms. The van der Waals surface area contributed by atoms with Gasteiger partial charge in [-0.05, 0) is 25.0 Å². The van der Waals surface area contributed by atoms with Crippen LogP contribution in [0.4, 0.5) is 5.88 Å². The van der Waals surface area contributed by atoms with E-state index in [1.54, 1.807) is 6.07 Å². The third kappa shape index (κ3) is 3.76. The Balaban J connectivity index is 1.71. The first-order valence-corrected chi connectivity index (χ1v) is 8.16. The molecular weight excluding hydrogens is 328 g/mol. The number of rotatable bonds is 5. The second-order valence-corrected chi connectivity index (χ2v) is 5.89. The number of nitrogens with zero attached hydrogens (tertiary/aromatic N) is 1. The van der Waals surface area contributed by atoms with Gasteiger partial charge in [-0.25, -0.2) is 0 Å². The summed E-state index contributed by atoms with van der Waals surface area (Å²) in [5.74, 6) is 0.945. The first kappa shape index (κ1) is 17.3. The maximum atomic E-state index is 12.2. The second kappa shape index (κ2) is 7.58. The number of carbonyl (C=O) groups is 1. The van der Waals surface area contributed by atoms with Crippen LogP contribution >= 0.6 is 0 Å². The summed E-state index contributed by atoms with van der Waals surface area (Å²) in [7, 11) is 0. The number of para-hydroxylation sites is 1. The van der Waals surface area contributed by atoms with Gasteiger partial charge in [0.2, 0.25) is 5.88 Å². The van der Waals surface area contributed by atoms with Crippen LogP contribution < -0.4 is 10.1 Å². The minimum atomic E-state index is -0.391. The van der Waals surface area contributed by atoms with E-state index in [1.165, 1.54) is 0 Å². The fourth-order valence-corrected chi connectivity index (χ4v) is 2.64. The van der Waals surface area contributed by atoms with Crippen LogP contribution in [0.3, 0.4) is 0 Å². The maximum Gasteiger partial charge on any atom is 0.264 e. The average Bonchev–Trinajstić information content (AvgIpc) is 3.05. The molecule has 3 rings (SSSR count). The fraction of sp³-hybridized carbons (Fsp3) is 0.143. The number of hydrogen-bond donors (Lipinski definition) is 1. The zero-order valence-electron chi connectivity index (χ0n) is 14.6. The zero-order chi connectivity index (χ0) is 18.5. The van der Waals surface area contributed by atoms with Gasteiger partial charge in [-0.15, -0.1) is 0 Å². The summed E-state index contributed by atoms with van der Waals surface area (Å²) in [6.45, 7) is 3.68. The lowest BCUT2D eigenvalue weighted by molar-refractivity contribution is -0.118. The topological polar surface area (TPSA) is 75.3 Å². The Hall–Kier alpha value is -3.52. The highest BCUT2D eigenvalue weighted by Gasteiger charge is 2.15. The van der Waals surface area contributed by atoms with E-state index in [0.717, 1.165) is 16.7 Å². The van der Waals surface area contributed by atoms with Crippen LogP contribution in [0, 0.1) is 25.2 Å². The van der Waals surface area contributed by atoms with Crippen molar-refractivity contribution < 1.29 is 13.9 Å². The van der Waals surface area contributed by atoms with Gasteiger partial charge in [-0.3, -0.25) is 10.1 Å². The summed E-state index contributed by atoms with van der Waals surface area (Å²) in [5, 5.41) is 11.9. The minimum absolute atomic E-state index is 0.126. The Morgan fingerprint density at radius 3 is 2.46 bits per heavy atom. The predicted octanol–water partition coefficient (Wildman–Crippen LogP) is 4.45. The number of aryl methyl sites for hydroxylation is 2. The molecule has 0 fully saturated rings. The monoisotopic (exact) mass is 346 g/mol. The van der Waals surface area contributed by atoms with Crippen molar-refractivity contribution in [2.75, 3.05) is 11.9 Å². The van der Waals surface area contributed by atoms with Crippen molar-refractivity contribution in [2.24, 2.45) is 0 Å². The number of hydrogen-bond acceptors (Lipinski definition) is 4. The highest BCUT2D eigenvalue weighted by molar-refractivity contribution is 5.92. The van der Waals surface area contributed by atoms with Gasteiger partial charge in [0.05, 0.1) is 0 Å². The van der Waals surface area contributed by atoms with Gasteiger partial charge < -0.3 is 9.15 Å². The SMILES string of the molecule is Cc1cccc(C)c1OCC(=O)Nc1oc(-c2ccccc2)cc1C#N. The lowest BCUT2D eigenvalue weighted by atomic mass is 10.1. The fourth-order valence-electron chi connectivity index (χ4n) is 2.64. The standard InChI is InChI=1S/C21H18N2O3/c1-14-7-6-8-15(2)20(14)25-13-19(24)23-21-17(12-22)11-18(26-21)16-9-4-3-5-10-16/h3-11H,13H2,1-2H3,(H,23,24). The van der Waals surface area contributed by atoms with E-state index in [9.17, 15) is 10.1 Å². The molecule has 0 saturated heterocycles. The van der Waals surface area contributed by atoms with Crippen LogP contribution in [-0.2, 0) is 4.79 Å². The van der Waals surface area contributed by atoms with Crippen molar-refractivity contribution in [3.8, 4) is 23.1 Å². The molecule has 0 aliphatic rings. The number of benzene rings is 2. The molecular formula is C21H18N2O3. The van der Waals surface area contributed by atoms with Crippen LogP contribution in [-0.4, -0.2) is 12.5 Å². The number of anilines is 1. The van der Waals surface area contributed by atoms with E-state index in [4.69, 9.17) is 9.15 Å². The Morgan fingerprint density at radius 2 is 1.81 bits per heavy atom. The van der Waals surface area contributed by atoms with Gasteiger partial charge in [0.1, 0.15) is 23.1 Å². The van der Waals surface area contributed by atoms with Gasteiger partial charge in [0.25, 0.3) is 5.91 Å². The molecule has 0 saturated carbocycles. The van der Waals surface area contributed by atoms with Crippen LogP contribution in [0.2, 0.25) is 0 Å². The number of nitrogens with one attached hydrogen (secondary N) is 1. The molecule has 3 aromatic rings. The van der Waals surface area contributed by atoms with E-state index >= 15 is 0 Å². The lowest BCUT2D eigenvalue weighted by Crippen LogP contribution is -2.20. The normalized spacial score (nSPS) is 10.2. The van der Waals surface area contributed by atoms with Gasteiger partial charge in [0, 0.05) is 11.6 Å². The van der Waals surface area contributed by atoms with Crippen LogP contribution in [0.1, 0.15) is 16.7 Å². The third-order valence-corrected chi connectivity index (χ3v) is 3.92. The number of nitriles is 1. The van der Waals surface area contributed by atoms with E-state index in [0.29, 0.717) is 11.5 Å². The van der Waals surface area contributed by atoms with Crippen molar-refractivity contribution >= 4 is 11.8 Å². The third-order valence-electron chi connectivity index (χ3n) is 3.92. The second-order valence-electron chi connectivity index (χ2n) is 5.89. The average molecular weight is 346 g/mol. The van der Waals surface area contributed by atoms with E-state index in [-0.39, 0.29) is 18.1 Å². The molecule has 0 unspecified atom stereocenters. The van der Waals surface area contributed by atoms with Crippen LogP contribution in [0.15, 0.2) is 59.0 Å². The highest BCUT2D eigenvalue weighted by Crippen LogP contribution is 2.29. The summed E-state index contributed by atoms with van der Waals surface area (Å²) in [4.78, 5) is 12.2. The molecule has 1 aromatic heterocycles. The van der Waals surface area contributed by atoms with E-state index in [2.05, 4.69) is 5.32 Å². The van der Waals surface area contributed by atoms with Crippen LogP contribution in [0.25, 0.3) is 11.3 Å². The van der Waals surface area contributed by atoms with Gasteiger partial charge in [-0.2, -0.15) is 5.26 Å². The van der Waals surface area contributed by atoms with Crippen molar-refractivity contribution in [1.29, 1.82) is 5.26 Å². The molecule has 5 heteroatoms. The Labute approximate surface area is 151 Å². The van der Waals surface area contributed by atoms with Crippen molar-refractivity contribution in [3.63, 3.8) is 0 Å². The summed E-state index contributed by atoms with van der Waals surface area (Å²) in [6.07, 6.45) is 0. The number of ether oxygens (including phenoxy) is 1. The van der Waals surface area contributed by atoms with E-state index < -0.39 is 5.91 Å². The first-order chi connectivity index (χ1) is 12.6. The number of carbonyl (C=O) groups excluding carboxylic acids is 1. The molecule has 1 amide bonds. The zero-order valence-corrected chi connectivity index (χ0v) is 14.6. The summed E-state index contributed by atoms with van der Waals surface area (Å²) >= 11 is 0. The number of amides is 1. The molecule has 0 radical (unpaired) electrons. The Morgan fingerprint density at radius 1 is 1.12 bits per heavy atom. The lowest BCUT2D eigenvalue weighted by Gasteiger charge is -2.11. The molecule has 0 atom stereocenters. The molecule has 5 nitrogen and oxygen atoms in total. The highest BCUT2D eigenvalue weighted by atomic mass is 16.5. The van der Waals surface area contributed by atoms with Gasteiger partial charge in [-0.1, -0.05) is 48.5 Å². The molecule has 2 aromatic carbocycles. The molecule has 0 aliphatic carbocycles. The maximum absolute atomic E-state index is 12.2. The summed E-state index contributed by atoms with van der Waals surface area (Å²) in [6, 6.07) is 18.8. The molecule has 26 heavy (non-hydrogen) atoms. The van der Waals surface area contributed by atoms with Gasteiger partial charge >= 0.3 is 0 Å². The van der Waals surface area contributed by atoms with Crippen LogP contribution in [0.5, 0.6) is 5.75 Å². The molecule has 130 valence electrons. The van der Waals surface area contributed by atoms with Gasteiger partial charge in [0.15, 0.2) is 6.61 Å². The smallest absolute Gasteiger partial charge is 0.264 e. The molecule has 1 heterocycles. The Kier molecular flexibility index (Phi) is 5.04. The molecule has 0 aliphatic heterocycles. The van der Waals surface area contributed by atoms with Crippen molar-refractivity contribution in [3.05, 3.63) is 71.3 Å². The molecule has 0 bridgehead atoms. The minimum Gasteiger partial charge on any atom is -0.483 e. The largest absolute Gasteiger partial charge is 0.483 e. The van der Waals surface area contributed by atoms with Crippen molar-refractivity contribution in [1.82, 2.24) is 0 Å². The quantitative estimate of drug-likeness (QED) is 0.740.